The van der Waals surface area contributed by atoms with E-state index in [1.807, 2.05) is 10.9 Å². The van der Waals surface area contributed by atoms with Crippen LogP contribution in [-0.2, 0) is 17.7 Å². The van der Waals surface area contributed by atoms with Crippen molar-refractivity contribution in [3.05, 3.63) is 51.8 Å². The molecule has 0 saturated carbocycles. The van der Waals surface area contributed by atoms with Gasteiger partial charge in [-0.15, -0.1) is 0 Å². The van der Waals surface area contributed by atoms with E-state index >= 15 is 0 Å². The smallest absolute Gasteiger partial charge is 0.0700 e. The summed E-state index contributed by atoms with van der Waals surface area (Å²) in [6.07, 6.45) is 4.03. The van der Waals surface area contributed by atoms with Crippen LogP contribution in [0.15, 0.2) is 34.9 Å². The Kier molecular flexibility index (Phi) is 4.42. The summed E-state index contributed by atoms with van der Waals surface area (Å²) in [5, 5.41) is 4.41. The van der Waals surface area contributed by atoms with Crippen molar-refractivity contribution >= 4 is 15.9 Å². The van der Waals surface area contributed by atoms with Gasteiger partial charge in [-0.2, -0.15) is 5.10 Å². The maximum atomic E-state index is 6.60. The standard InChI is InChI=1S/C16H20BrN3O/c1-21-9-8-20-16(14(17)10-19-20)15(18)13-7-6-11-4-2-3-5-12(11)13/h2-5,10,13,15H,6-9,18H2,1H3. The van der Waals surface area contributed by atoms with Crippen LogP contribution in [0.4, 0.5) is 0 Å². The highest BCUT2D eigenvalue weighted by Crippen LogP contribution is 2.41. The minimum Gasteiger partial charge on any atom is -0.383 e. The maximum Gasteiger partial charge on any atom is 0.0700 e. The van der Waals surface area contributed by atoms with Crippen LogP contribution in [0.25, 0.3) is 0 Å². The fourth-order valence-electron chi connectivity index (χ4n) is 3.21. The number of methoxy groups -OCH3 is 1. The molecule has 0 spiro atoms. The predicted molar refractivity (Wildman–Crippen MR) is 86.2 cm³/mol. The van der Waals surface area contributed by atoms with E-state index in [-0.39, 0.29) is 6.04 Å². The lowest BCUT2D eigenvalue weighted by molar-refractivity contribution is 0.181. The molecule has 112 valence electrons. The average molecular weight is 350 g/mol. The number of hydrogen-bond acceptors (Lipinski definition) is 3. The molecule has 0 saturated heterocycles. The molecule has 3 rings (SSSR count). The molecule has 0 aliphatic heterocycles. The van der Waals surface area contributed by atoms with Crippen LogP contribution in [0, 0.1) is 0 Å². The van der Waals surface area contributed by atoms with Crippen LogP contribution >= 0.6 is 15.9 Å². The first kappa shape index (κ1) is 14.8. The molecule has 2 N–H and O–H groups in total. The quantitative estimate of drug-likeness (QED) is 0.902. The highest BCUT2D eigenvalue weighted by Gasteiger charge is 2.31. The number of nitrogens with two attached hydrogens (primary N) is 1. The van der Waals surface area contributed by atoms with E-state index in [9.17, 15) is 0 Å². The summed E-state index contributed by atoms with van der Waals surface area (Å²) in [6.45, 7) is 1.36. The molecule has 1 aliphatic carbocycles. The summed E-state index contributed by atoms with van der Waals surface area (Å²) in [5.41, 5.74) is 10.5. The Labute approximate surface area is 133 Å². The fraction of sp³-hybridized carbons (Fsp3) is 0.438. The Morgan fingerprint density at radius 2 is 2.29 bits per heavy atom. The van der Waals surface area contributed by atoms with Gasteiger partial charge in [0.25, 0.3) is 0 Å². The number of benzene rings is 1. The molecule has 1 heterocycles. The van der Waals surface area contributed by atoms with Crippen LogP contribution in [0.5, 0.6) is 0 Å². The van der Waals surface area contributed by atoms with Gasteiger partial charge in [-0.05, 0) is 39.9 Å². The van der Waals surface area contributed by atoms with E-state index < -0.39 is 0 Å². The van der Waals surface area contributed by atoms with Gasteiger partial charge in [-0.3, -0.25) is 4.68 Å². The first-order chi connectivity index (χ1) is 10.2. The number of aryl methyl sites for hydroxylation is 1. The number of aromatic nitrogens is 2. The van der Waals surface area contributed by atoms with Crippen LogP contribution < -0.4 is 5.73 Å². The molecule has 0 radical (unpaired) electrons. The molecule has 0 amide bonds. The van der Waals surface area contributed by atoms with Gasteiger partial charge in [-0.1, -0.05) is 24.3 Å². The third-order valence-electron chi connectivity index (χ3n) is 4.27. The summed E-state index contributed by atoms with van der Waals surface area (Å²) >= 11 is 3.59. The molecule has 21 heavy (non-hydrogen) atoms. The summed E-state index contributed by atoms with van der Waals surface area (Å²) in [4.78, 5) is 0. The largest absolute Gasteiger partial charge is 0.383 e. The third-order valence-corrected chi connectivity index (χ3v) is 4.88. The Morgan fingerprint density at radius 1 is 1.48 bits per heavy atom. The van der Waals surface area contributed by atoms with Crippen LogP contribution in [0.2, 0.25) is 0 Å². The minimum absolute atomic E-state index is 0.0534. The number of nitrogens with zero attached hydrogens (tertiary/aromatic N) is 2. The summed E-state index contributed by atoms with van der Waals surface area (Å²) in [7, 11) is 1.70. The van der Waals surface area contributed by atoms with Gasteiger partial charge in [0.15, 0.2) is 0 Å². The third kappa shape index (κ3) is 2.78. The molecular formula is C16H20BrN3O. The maximum absolute atomic E-state index is 6.60. The second-order valence-electron chi connectivity index (χ2n) is 5.46. The van der Waals surface area contributed by atoms with Crippen LogP contribution in [-0.4, -0.2) is 23.5 Å². The lowest BCUT2D eigenvalue weighted by Gasteiger charge is -2.22. The van der Waals surface area contributed by atoms with Crippen molar-refractivity contribution in [3.8, 4) is 0 Å². The van der Waals surface area contributed by atoms with Crippen LogP contribution in [0.1, 0.15) is 35.2 Å². The van der Waals surface area contributed by atoms with Gasteiger partial charge in [0.05, 0.1) is 35.6 Å². The highest BCUT2D eigenvalue weighted by molar-refractivity contribution is 9.10. The van der Waals surface area contributed by atoms with Crippen molar-refractivity contribution in [2.45, 2.75) is 31.3 Å². The van der Waals surface area contributed by atoms with Crippen molar-refractivity contribution in [2.24, 2.45) is 5.73 Å². The second-order valence-corrected chi connectivity index (χ2v) is 6.32. The molecule has 1 aliphatic rings. The molecule has 0 fully saturated rings. The van der Waals surface area contributed by atoms with E-state index in [1.54, 1.807) is 7.11 Å². The van der Waals surface area contributed by atoms with Crippen molar-refractivity contribution in [1.82, 2.24) is 9.78 Å². The van der Waals surface area contributed by atoms with Gasteiger partial charge >= 0.3 is 0 Å². The summed E-state index contributed by atoms with van der Waals surface area (Å²) < 4.78 is 8.09. The van der Waals surface area contributed by atoms with Gasteiger partial charge in [0.1, 0.15) is 0 Å². The monoisotopic (exact) mass is 349 g/mol. The first-order valence-corrected chi connectivity index (χ1v) is 8.05. The van der Waals surface area contributed by atoms with Gasteiger partial charge in [0.2, 0.25) is 0 Å². The van der Waals surface area contributed by atoms with Crippen molar-refractivity contribution in [1.29, 1.82) is 0 Å². The summed E-state index contributed by atoms with van der Waals surface area (Å²) in [6, 6.07) is 8.56. The number of halogens is 1. The fourth-order valence-corrected chi connectivity index (χ4v) is 3.77. The van der Waals surface area contributed by atoms with E-state index in [1.165, 1.54) is 11.1 Å². The normalized spacial score (nSPS) is 18.7. The SMILES string of the molecule is COCCn1ncc(Br)c1C(N)C1CCc2ccccc21. The zero-order valence-corrected chi connectivity index (χ0v) is 13.7. The van der Waals surface area contributed by atoms with Crippen molar-refractivity contribution < 1.29 is 4.74 Å². The molecule has 4 nitrogen and oxygen atoms in total. The van der Waals surface area contributed by atoms with Gasteiger partial charge < -0.3 is 10.5 Å². The highest BCUT2D eigenvalue weighted by atomic mass is 79.9. The Hall–Kier alpha value is -1.17. The number of fused-ring (bicyclic) bond motifs is 1. The number of hydrogen-bond donors (Lipinski definition) is 1. The molecule has 1 aromatic carbocycles. The first-order valence-electron chi connectivity index (χ1n) is 7.26. The van der Waals surface area contributed by atoms with Gasteiger partial charge in [0, 0.05) is 13.0 Å². The Morgan fingerprint density at radius 3 is 3.10 bits per heavy atom. The van der Waals surface area contributed by atoms with E-state index in [2.05, 4.69) is 45.3 Å². The molecule has 2 atom stereocenters. The zero-order valence-electron chi connectivity index (χ0n) is 12.1. The van der Waals surface area contributed by atoms with Crippen LogP contribution in [0.3, 0.4) is 0 Å². The molecule has 5 heteroatoms. The molecular weight excluding hydrogens is 330 g/mol. The Bertz CT molecular complexity index is 626. The van der Waals surface area contributed by atoms with E-state index in [0.29, 0.717) is 12.5 Å². The predicted octanol–water partition coefficient (Wildman–Crippen LogP) is 3.02. The summed E-state index contributed by atoms with van der Waals surface area (Å²) in [5.74, 6) is 0.357. The lowest BCUT2D eigenvalue weighted by atomic mass is 9.91. The topological polar surface area (TPSA) is 53.1 Å². The van der Waals surface area contributed by atoms with Crippen molar-refractivity contribution in [2.75, 3.05) is 13.7 Å². The number of rotatable bonds is 5. The van der Waals surface area contributed by atoms with E-state index in [0.717, 1.165) is 29.6 Å². The Balaban J connectivity index is 1.89. The van der Waals surface area contributed by atoms with Crippen molar-refractivity contribution in [3.63, 3.8) is 0 Å². The van der Waals surface area contributed by atoms with Gasteiger partial charge in [-0.25, -0.2) is 0 Å². The molecule has 2 unspecified atom stereocenters. The van der Waals surface area contributed by atoms with E-state index in [4.69, 9.17) is 10.5 Å². The zero-order chi connectivity index (χ0) is 14.8. The second kappa shape index (κ2) is 6.30. The molecule has 2 aromatic rings. The average Bonchev–Trinajstić information content (AvgIpc) is 3.08. The molecule has 1 aromatic heterocycles. The molecule has 0 bridgehead atoms. The number of ether oxygens (including phenoxy) is 1. The lowest BCUT2D eigenvalue weighted by Crippen LogP contribution is -2.23. The minimum atomic E-state index is -0.0534.